The Kier molecular flexibility index (Phi) is 5.86. The van der Waals surface area contributed by atoms with Gasteiger partial charge in [-0.2, -0.15) is 0 Å². The van der Waals surface area contributed by atoms with E-state index in [2.05, 4.69) is 15.4 Å². The smallest absolute Gasteiger partial charge is 0.295 e. The Hall–Kier alpha value is -3.84. The lowest BCUT2D eigenvalue weighted by Crippen LogP contribution is -2.14. The average molecular weight is 435 g/mol. The standard InChI is InChI=1S/C23H19ClN4O3/c1-30-19-11-9-15(10-12-19)22-26-21(27-28(22)18-7-3-5-16(24)13-18)23(29)25-17-6-4-8-20(14-17)31-2/h3-14H,1-2H3,(H,25,29). The molecule has 1 N–H and O–H groups in total. The van der Waals surface area contributed by atoms with Gasteiger partial charge in [-0.3, -0.25) is 4.79 Å². The van der Waals surface area contributed by atoms with Crippen molar-refractivity contribution in [3.05, 3.63) is 83.6 Å². The summed E-state index contributed by atoms with van der Waals surface area (Å²) in [7, 11) is 3.17. The summed E-state index contributed by atoms with van der Waals surface area (Å²) in [4.78, 5) is 17.4. The lowest BCUT2D eigenvalue weighted by molar-refractivity contribution is 0.101. The maximum absolute atomic E-state index is 12.9. The van der Waals surface area contributed by atoms with Crippen LogP contribution in [0.5, 0.6) is 11.5 Å². The molecule has 1 heterocycles. The Bertz CT molecular complexity index is 1220. The SMILES string of the molecule is COc1ccc(-c2nc(C(=O)Nc3cccc(OC)c3)nn2-c2cccc(Cl)c2)cc1. The first-order chi connectivity index (χ1) is 15.1. The topological polar surface area (TPSA) is 78.3 Å². The largest absolute Gasteiger partial charge is 0.497 e. The van der Waals surface area contributed by atoms with Crippen LogP contribution in [0.25, 0.3) is 17.1 Å². The molecule has 0 fully saturated rings. The zero-order valence-electron chi connectivity index (χ0n) is 16.9. The van der Waals surface area contributed by atoms with Crippen LogP contribution in [0.3, 0.4) is 0 Å². The lowest BCUT2D eigenvalue weighted by Gasteiger charge is -2.07. The van der Waals surface area contributed by atoms with E-state index in [1.165, 1.54) is 0 Å². The third kappa shape index (κ3) is 4.51. The minimum absolute atomic E-state index is 0.0219. The van der Waals surface area contributed by atoms with Crippen LogP contribution in [0, 0.1) is 0 Å². The summed E-state index contributed by atoms with van der Waals surface area (Å²) in [5.74, 6) is 1.43. The molecular formula is C23H19ClN4O3. The van der Waals surface area contributed by atoms with Gasteiger partial charge in [0.25, 0.3) is 5.91 Å². The van der Waals surface area contributed by atoms with Crippen molar-refractivity contribution in [3.63, 3.8) is 0 Å². The monoisotopic (exact) mass is 434 g/mol. The Morgan fingerprint density at radius 3 is 2.39 bits per heavy atom. The highest BCUT2D eigenvalue weighted by Gasteiger charge is 2.19. The predicted molar refractivity (Wildman–Crippen MR) is 119 cm³/mol. The maximum Gasteiger partial charge on any atom is 0.295 e. The van der Waals surface area contributed by atoms with Crippen LogP contribution in [-0.4, -0.2) is 34.9 Å². The van der Waals surface area contributed by atoms with Gasteiger partial charge < -0.3 is 14.8 Å². The van der Waals surface area contributed by atoms with Crippen LogP contribution in [0.1, 0.15) is 10.6 Å². The molecule has 3 aromatic carbocycles. The third-order valence-electron chi connectivity index (χ3n) is 4.54. The van der Waals surface area contributed by atoms with Crippen LogP contribution in [0.15, 0.2) is 72.8 Å². The quantitative estimate of drug-likeness (QED) is 0.469. The summed E-state index contributed by atoms with van der Waals surface area (Å²) in [6, 6.07) is 21.6. The fourth-order valence-electron chi connectivity index (χ4n) is 3.01. The summed E-state index contributed by atoms with van der Waals surface area (Å²) in [5.41, 5.74) is 2.04. The number of benzene rings is 3. The molecule has 4 rings (SSSR count). The van der Waals surface area contributed by atoms with Gasteiger partial charge in [0.05, 0.1) is 19.9 Å². The van der Waals surface area contributed by atoms with Gasteiger partial charge in [-0.05, 0) is 54.6 Å². The van der Waals surface area contributed by atoms with Gasteiger partial charge in [0.1, 0.15) is 11.5 Å². The van der Waals surface area contributed by atoms with E-state index in [9.17, 15) is 4.79 Å². The minimum atomic E-state index is -0.441. The van der Waals surface area contributed by atoms with Crippen LogP contribution >= 0.6 is 11.6 Å². The molecule has 0 saturated carbocycles. The molecule has 0 aliphatic heterocycles. The normalized spacial score (nSPS) is 10.5. The highest BCUT2D eigenvalue weighted by Crippen LogP contribution is 2.25. The molecule has 7 nitrogen and oxygen atoms in total. The van der Waals surface area contributed by atoms with Crippen LogP contribution in [-0.2, 0) is 0 Å². The molecule has 1 aromatic heterocycles. The molecule has 0 aliphatic carbocycles. The summed E-state index contributed by atoms with van der Waals surface area (Å²) in [6.45, 7) is 0. The molecule has 0 unspecified atom stereocenters. The van der Waals surface area contributed by atoms with E-state index in [0.717, 1.165) is 5.56 Å². The number of methoxy groups -OCH3 is 2. The van der Waals surface area contributed by atoms with Crippen molar-refractivity contribution in [1.29, 1.82) is 0 Å². The first-order valence-electron chi connectivity index (χ1n) is 9.40. The highest BCUT2D eigenvalue weighted by atomic mass is 35.5. The number of nitrogens with one attached hydrogen (secondary N) is 1. The number of ether oxygens (including phenoxy) is 2. The van der Waals surface area contributed by atoms with Crippen molar-refractivity contribution in [1.82, 2.24) is 14.8 Å². The van der Waals surface area contributed by atoms with E-state index in [-0.39, 0.29) is 5.82 Å². The average Bonchev–Trinajstić information content (AvgIpc) is 3.25. The van der Waals surface area contributed by atoms with Crippen LogP contribution < -0.4 is 14.8 Å². The highest BCUT2D eigenvalue weighted by molar-refractivity contribution is 6.30. The van der Waals surface area contributed by atoms with E-state index < -0.39 is 5.91 Å². The van der Waals surface area contributed by atoms with E-state index >= 15 is 0 Å². The van der Waals surface area contributed by atoms with Crippen LogP contribution in [0.2, 0.25) is 5.02 Å². The van der Waals surface area contributed by atoms with Crippen molar-refractivity contribution < 1.29 is 14.3 Å². The Labute approximate surface area is 184 Å². The van der Waals surface area contributed by atoms with Gasteiger partial charge in [-0.25, -0.2) is 9.67 Å². The lowest BCUT2D eigenvalue weighted by atomic mass is 10.2. The summed E-state index contributed by atoms with van der Waals surface area (Å²) in [5, 5.41) is 7.81. The van der Waals surface area contributed by atoms with Crippen molar-refractivity contribution in [2.45, 2.75) is 0 Å². The van der Waals surface area contributed by atoms with Crippen molar-refractivity contribution in [2.24, 2.45) is 0 Å². The molecular weight excluding hydrogens is 416 g/mol. The van der Waals surface area contributed by atoms with Crippen molar-refractivity contribution in [2.75, 3.05) is 19.5 Å². The number of hydrogen-bond acceptors (Lipinski definition) is 5. The summed E-state index contributed by atoms with van der Waals surface area (Å²) in [6.07, 6.45) is 0. The first-order valence-corrected chi connectivity index (χ1v) is 9.78. The second kappa shape index (κ2) is 8.89. The number of carbonyl (C=O) groups is 1. The molecule has 156 valence electrons. The number of amides is 1. The van der Waals surface area contributed by atoms with Gasteiger partial charge in [0.2, 0.25) is 5.82 Å². The Morgan fingerprint density at radius 2 is 1.68 bits per heavy atom. The second-order valence-electron chi connectivity index (χ2n) is 6.57. The summed E-state index contributed by atoms with van der Waals surface area (Å²) < 4.78 is 12.0. The zero-order valence-corrected chi connectivity index (χ0v) is 17.6. The number of anilines is 1. The number of rotatable bonds is 6. The number of aromatic nitrogens is 3. The second-order valence-corrected chi connectivity index (χ2v) is 7.00. The molecule has 0 aliphatic rings. The molecule has 31 heavy (non-hydrogen) atoms. The zero-order chi connectivity index (χ0) is 21.8. The van der Waals surface area contributed by atoms with E-state index in [1.807, 2.05) is 36.4 Å². The maximum atomic E-state index is 12.9. The van der Waals surface area contributed by atoms with E-state index in [1.54, 1.807) is 55.3 Å². The van der Waals surface area contributed by atoms with Crippen LogP contribution in [0.4, 0.5) is 5.69 Å². The minimum Gasteiger partial charge on any atom is -0.497 e. The molecule has 0 bridgehead atoms. The molecule has 8 heteroatoms. The van der Waals surface area contributed by atoms with E-state index in [0.29, 0.717) is 33.7 Å². The molecule has 0 saturated heterocycles. The molecule has 0 radical (unpaired) electrons. The van der Waals surface area contributed by atoms with Gasteiger partial charge >= 0.3 is 0 Å². The predicted octanol–water partition coefficient (Wildman–Crippen LogP) is 4.86. The number of carbonyl (C=O) groups excluding carboxylic acids is 1. The van der Waals surface area contributed by atoms with Crippen molar-refractivity contribution in [3.8, 4) is 28.6 Å². The summed E-state index contributed by atoms with van der Waals surface area (Å²) >= 11 is 6.17. The molecule has 0 atom stereocenters. The Morgan fingerprint density at radius 1 is 0.935 bits per heavy atom. The van der Waals surface area contributed by atoms with Gasteiger partial charge in [0, 0.05) is 22.3 Å². The molecule has 0 spiro atoms. The van der Waals surface area contributed by atoms with Gasteiger partial charge in [0.15, 0.2) is 5.82 Å². The first kappa shape index (κ1) is 20.4. The van der Waals surface area contributed by atoms with Gasteiger partial charge in [-0.1, -0.05) is 23.7 Å². The Balaban J connectivity index is 1.74. The fourth-order valence-corrected chi connectivity index (χ4v) is 3.20. The number of halogens is 1. The third-order valence-corrected chi connectivity index (χ3v) is 4.77. The van der Waals surface area contributed by atoms with Crippen molar-refractivity contribution >= 4 is 23.2 Å². The molecule has 4 aromatic rings. The number of hydrogen-bond donors (Lipinski definition) is 1. The van der Waals surface area contributed by atoms with E-state index in [4.69, 9.17) is 21.1 Å². The van der Waals surface area contributed by atoms with Gasteiger partial charge in [-0.15, -0.1) is 5.10 Å². The molecule has 1 amide bonds. The number of nitrogens with zero attached hydrogens (tertiary/aromatic N) is 3. The fraction of sp³-hybridized carbons (Fsp3) is 0.0870.